The first-order valence-corrected chi connectivity index (χ1v) is 6.27. The van der Waals surface area contributed by atoms with E-state index in [4.69, 9.17) is 4.74 Å². The molecule has 0 saturated carbocycles. The van der Waals surface area contributed by atoms with Gasteiger partial charge in [-0.15, -0.1) is 0 Å². The highest BCUT2D eigenvalue weighted by Crippen LogP contribution is 2.28. The lowest BCUT2D eigenvalue weighted by Crippen LogP contribution is -2.32. The van der Waals surface area contributed by atoms with Crippen molar-refractivity contribution < 1.29 is 14.6 Å². The molecule has 18 heavy (non-hydrogen) atoms. The van der Waals surface area contributed by atoms with Gasteiger partial charge in [0.15, 0.2) is 0 Å². The van der Waals surface area contributed by atoms with E-state index in [1.54, 1.807) is 7.11 Å². The maximum absolute atomic E-state index is 11.6. The zero-order chi connectivity index (χ0) is 13.0. The van der Waals surface area contributed by atoms with E-state index in [1.807, 2.05) is 29.2 Å². The monoisotopic (exact) mass is 249 g/mol. The largest absolute Gasteiger partial charge is 0.480 e. The lowest BCUT2D eigenvalue weighted by atomic mass is 9.99. The zero-order valence-electron chi connectivity index (χ0n) is 10.6. The van der Waals surface area contributed by atoms with E-state index in [-0.39, 0.29) is 0 Å². The molecule has 0 spiro atoms. The van der Waals surface area contributed by atoms with E-state index in [0.29, 0.717) is 6.61 Å². The average Bonchev–Trinajstić information content (AvgIpc) is 2.85. The fraction of sp³-hybridized carbons (Fsp3) is 0.500. The Morgan fingerprint density at radius 2 is 2.06 bits per heavy atom. The van der Waals surface area contributed by atoms with Crippen LogP contribution in [0.25, 0.3) is 0 Å². The highest BCUT2D eigenvalue weighted by molar-refractivity contribution is 5.76. The molecular formula is C14H19NO3. The van der Waals surface area contributed by atoms with Crippen LogP contribution in [-0.2, 0) is 16.1 Å². The van der Waals surface area contributed by atoms with Crippen LogP contribution in [0.4, 0.5) is 0 Å². The molecule has 4 heteroatoms. The molecule has 2 rings (SSSR count). The van der Waals surface area contributed by atoms with Crippen molar-refractivity contribution >= 4 is 5.97 Å². The number of nitrogens with zero attached hydrogens (tertiary/aromatic N) is 1. The first-order chi connectivity index (χ1) is 8.74. The minimum atomic E-state index is -0.777. The topological polar surface area (TPSA) is 49.8 Å². The highest BCUT2D eigenvalue weighted by atomic mass is 16.5. The number of hydrogen-bond donors (Lipinski definition) is 1. The second kappa shape index (κ2) is 5.98. The van der Waals surface area contributed by atoms with E-state index in [9.17, 15) is 9.90 Å². The van der Waals surface area contributed by atoms with Crippen molar-refractivity contribution in [3.05, 3.63) is 35.4 Å². The average molecular weight is 249 g/mol. The first-order valence-electron chi connectivity index (χ1n) is 6.27. The number of hydrogen-bond acceptors (Lipinski definition) is 3. The van der Waals surface area contributed by atoms with Crippen molar-refractivity contribution in [3.63, 3.8) is 0 Å². The van der Waals surface area contributed by atoms with Crippen LogP contribution in [0.3, 0.4) is 0 Å². The highest BCUT2D eigenvalue weighted by Gasteiger charge is 2.30. The fourth-order valence-electron chi connectivity index (χ4n) is 2.57. The number of likely N-dealkylation sites (tertiary alicyclic amines) is 1. The van der Waals surface area contributed by atoms with Gasteiger partial charge in [0, 0.05) is 7.11 Å². The van der Waals surface area contributed by atoms with Gasteiger partial charge in [-0.05, 0) is 37.1 Å². The Bertz CT molecular complexity index is 413. The molecular weight excluding hydrogens is 230 g/mol. The first kappa shape index (κ1) is 13.1. The summed E-state index contributed by atoms with van der Waals surface area (Å²) in [7, 11) is 1.63. The molecule has 0 aliphatic carbocycles. The molecule has 1 unspecified atom stereocenters. The molecule has 0 bridgehead atoms. The summed E-state index contributed by atoms with van der Waals surface area (Å²) >= 11 is 0. The summed E-state index contributed by atoms with van der Waals surface area (Å²) in [6, 6.07) is 7.09. The third kappa shape index (κ3) is 2.71. The summed E-state index contributed by atoms with van der Waals surface area (Å²) < 4.78 is 5.15. The minimum absolute atomic E-state index is 0.452. The van der Waals surface area contributed by atoms with Gasteiger partial charge in [-0.25, -0.2) is 0 Å². The van der Waals surface area contributed by atoms with Gasteiger partial charge < -0.3 is 9.84 Å². The molecule has 1 aliphatic rings. The molecule has 1 aromatic rings. The maximum Gasteiger partial charge on any atom is 0.325 e. The molecule has 1 heterocycles. The van der Waals surface area contributed by atoms with Crippen LogP contribution in [0, 0.1) is 0 Å². The molecule has 0 aromatic heterocycles. The normalized spacial score (nSPS) is 17.8. The van der Waals surface area contributed by atoms with Gasteiger partial charge in [0.25, 0.3) is 0 Å². The number of carbonyl (C=O) groups is 1. The van der Waals surface area contributed by atoms with Gasteiger partial charge in [-0.1, -0.05) is 24.3 Å². The third-order valence-corrected chi connectivity index (χ3v) is 3.39. The lowest BCUT2D eigenvalue weighted by molar-refractivity contribution is -0.143. The Hall–Kier alpha value is -1.39. The van der Waals surface area contributed by atoms with Crippen molar-refractivity contribution in [1.29, 1.82) is 0 Å². The third-order valence-electron chi connectivity index (χ3n) is 3.39. The maximum atomic E-state index is 11.6. The Morgan fingerprint density at radius 3 is 2.67 bits per heavy atom. The smallest absolute Gasteiger partial charge is 0.325 e. The van der Waals surface area contributed by atoms with Gasteiger partial charge in [-0.2, -0.15) is 0 Å². The standard InChI is InChI=1S/C14H19NO3/c1-18-10-11-6-2-3-7-12(11)13(14(16)17)15-8-4-5-9-15/h2-3,6-7,13H,4-5,8-10H2,1H3,(H,16,17). The van der Waals surface area contributed by atoms with Crippen LogP contribution < -0.4 is 0 Å². The van der Waals surface area contributed by atoms with Gasteiger partial charge in [0.2, 0.25) is 0 Å². The quantitative estimate of drug-likeness (QED) is 0.867. The van der Waals surface area contributed by atoms with Crippen molar-refractivity contribution in [2.75, 3.05) is 20.2 Å². The molecule has 0 amide bonds. The number of carboxylic acids is 1. The molecule has 1 aliphatic heterocycles. The minimum Gasteiger partial charge on any atom is -0.480 e. The molecule has 1 fully saturated rings. The molecule has 4 nitrogen and oxygen atoms in total. The van der Waals surface area contributed by atoms with Gasteiger partial charge >= 0.3 is 5.97 Å². The Balaban J connectivity index is 2.32. The molecule has 0 radical (unpaired) electrons. The lowest BCUT2D eigenvalue weighted by Gasteiger charge is -2.25. The predicted octanol–water partition coefficient (Wildman–Crippen LogP) is 2.05. The van der Waals surface area contributed by atoms with Crippen LogP contribution in [0.2, 0.25) is 0 Å². The zero-order valence-corrected chi connectivity index (χ0v) is 10.6. The van der Waals surface area contributed by atoms with Crippen LogP contribution >= 0.6 is 0 Å². The SMILES string of the molecule is COCc1ccccc1C(C(=O)O)N1CCCC1. The Morgan fingerprint density at radius 1 is 1.39 bits per heavy atom. The predicted molar refractivity (Wildman–Crippen MR) is 68.3 cm³/mol. The second-order valence-electron chi connectivity index (χ2n) is 4.62. The van der Waals surface area contributed by atoms with Crippen molar-refractivity contribution in [2.45, 2.75) is 25.5 Å². The van der Waals surface area contributed by atoms with Gasteiger partial charge in [-0.3, -0.25) is 9.69 Å². The van der Waals surface area contributed by atoms with Gasteiger partial charge in [0.1, 0.15) is 6.04 Å². The summed E-state index contributed by atoms with van der Waals surface area (Å²) in [5.41, 5.74) is 1.81. The Labute approximate surface area is 107 Å². The van der Waals surface area contributed by atoms with Gasteiger partial charge in [0.05, 0.1) is 6.61 Å². The molecule has 1 N–H and O–H groups in total. The van der Waals surface area contributed by atoms with Crippen LogP contribution in [0.5, 0.6) is 0 Å². The molecule has 1 saturated heterocycles. The molecule has 98 valence electrons. The number of benzene rings is 1. The van der Waals surface area contributed by atoms with Crippen LogP contribution in [-0.4, -0.2) is 36.2 Å². The van der Waals surface area contributed by atoms with Crippen LogP contribution in [0.1, 0.15) is 30.0 Å². The van der Waals surface area contributed by atoms with E-state index in [2.05, 4.69) is 0 Å². The molecule has 1 aromatic carbocycles. The number of carboxylic acid groups (broad SMARTS) is 1. The number of rotatable bonds is 5. The van der Waals surface area contributed by atoms with E-state index >= 15 is 0 Å². The summed E-state index contributed by atoms with van der Waals surface area (Å²) in [4.78, 5) is 13.6. The number of ether oxygens (including phenoxy) is 1. The summed E-state index contributed by atoms with van der Waals surface area (Å²) in [5.74, 6) is -0.777. The Kier molecular flexibility index (Phi) is 4.33. The molecule has 1 atom stereocenters. The van der Waals surface area contributed by atoms with Crippen molar-refractivity contribution in [3.8, 4) is 0 Å². The summed E-state index contributed by atoms with van der Waals surface area (Å²) in [6.45, 7) is 2.17. The summed E-state index contributed by atoms with van der Waals surface area (Å²) in [6.07, 6.45) is 2.16. The van der Waals surface area contributed by atoms with Crippen molar-refractivity contribution in [2.24, 2.45) is 0 Å². The van der Waals surface area contributed by atoms with E-state index in [1.165, 1.54) is 0 Å². The fourth-order valence-corrected chi connectivity index (χ4v) is 2.57. The van der Waals surface area contributed by atoms with E-state index < -0.39 is 12.0 Å². The number of aliphatic carboxylic acids is 1. The van der Waals surface area contributed by atoms with Crippen molar-refractivity contribution in [1.82, 2.24) is 4.90 Å². The summed E-state index contributed by atoms with van der Waals surface area (Å²) in [5, 5.41) is 9.50. The second-order valence-corrected chi connectivity index (χ2v) is 4.62. The van der Waals surface area contributed by atoms with Crippen LogP contribution in [0.15, 0.2) is 24.3 Å². The number of methoxy groups -OCH3 is 1. The van der Waals surface area contributed by atoms with E-state index in [0.717, 1.165) is 37.1 Å².